The number of thiophene rings is 1. The number of rotatable bonds is 5. The number of pyridine rings is 1. The van der Waals surface area contributed by atoms with Crippen molar-refractivity contribution in [1.82, 2.24) is 10.3 Å². The Hall–Kier alpha value is -2.21. The fraction of sp³-hybridized carbons (Fsp3) is 0.353. The third kappa shape index (κ3) is 3.96. The second kappa shape index (κ2) is 7.37. The molecular weight excluding hydrogens is 312 g/mol. The molecule has 2 heterocycles. The van der Waals surface area contributed by atoms with Gasteiger partial charge in [-0.15, -0.1) is 11.3 Å². The van der Waals surface area contributed by atoms with Crippen LogP contribution in [-0.4, -0.2) is 22.9 Å². The Bertz CT molecular complexity index is 652. The number of aromatic nitrogens is 1. The molecule has 1 saturated carbocycles. The van der Waals surface area contributed by atoms with Gasteiger partial charge in [0.05, 0.1) is 5.69 Å². The molecule has 120 valence electrons. The Kier molecular flexibility index (Phi) is 5.02. The van der Waals surface area contributed by atoms with Crippen molar-refractivity contribution in [2.75, 3.05) is 0 Å². The van der Waals surface area contributed by atoms with Crippen LogP contribution in [0.3, 0.4) is 0 Å². The van der Waals surface area contributed by atoms with Crippen molar-refractivity contribution >= 4 is 23.2 Å². The van der Waals surface area contributed by atoms with E-state index in [1.165, 1.54) is 11.3 Å². The summed E-state index contributed by atoms with van der Waals surface area (Å²) >= 11 is 1.29. The molecule has 0 unspecified atom stereocenters. The zero-order valence-corrected chi connectivity index (χ0v) is 13.4. The van der Waals surface area contributed by atoms with Gasteiger partial charge in [0.2, 0.25) is 6.10 Å². The molecule has 1 atom stereocenters. The number of hydrogen-bond acceptors (Lipinski definition) is 5. The van der Waals surface area contributed by atoms with Crippen LogP contribution in [0.2, 0.25) is 0 Å². The highest BCUT2D eigenvalue weighted by molar-refractivity contribution is 7.11. The van der Waals surface area contributed by atoms with Gasteiger partial charge in [0, 0.05) is 12.2 Å². The first-order valence-corrected chi connectivity index (χ1v) is 8.58. The molecule has 0 radical (unpaired) electrons. The monoisotopic (exact) mass is 330 g/mol. The topological polar surface area (TPSA) is 68.3 Å². The maximum atomic E-state index is 12.6. The molecule has 0 bridgehead atoms. The molecule has 5 nitrogen and oxygen atoms in total. The quantitative estimate of drug-likeness (QED) is 0.855. The van der Waals surface area contributed by atoms with Crippen molar-refractivity contribution < 1.29 is 14.3 Å². The molecule has 1 aliphatic carbocycles. The number of carbonyl (C=O) groups is 2. The van der Waals surface area contributed by atoms with E-state index in [-0.39, 0.29) is 11.9 Å². The summed E-state index contributed by atoms with van der Waals surface area (Å²) in [5.41, 5.74) is 0.438. The first-order chi connectivity index (χ1) is 11.2. The van der Waals surface area contributed by atoms with Crippen molar-refractivity contribution in [3.05, 3.63) is 52.5 Å². The molecule has 6 heteroatoms. The van der Waals surface area contributed by atoms with Gasteiger partial charge in [-0.25, -0.2) is 4.79 Å². The first-order valence-electron chi connectivity index (χ1n) is 7.70. The lowest BCUT2D eigenvalue weighted by molar-refractivity contribution is -0.131. The van der Waals surface area contributed by atoms with Crippen LogP contribution in [0.25, 0.3) is 0 Å². The van der Waals surface area contributed by atoms with Gasteiger partial charge in [0.15, 0.2) is 0 Å². The van der Waals surface area contributed by atoms with Crippen LogP contribution in [0, 0.1) is 0 Å². The summed E-state index contributed by atoms with van der Waals surface area (Å²) in [6, 6.07) is 8.84. The van der Waals surface area contributed by atoms with Crippen LogP contribution in [0.1, 0.15) is 47.2 Å². The number of ether oxygens (including phenoxy) is 1. The van der Waals surface area contributed by atoms with Crippen LogP contribution in [0.5, 0.6) is 0 Å². The average Bonchev–Trinajstić information content (AvgIpc) is 3.26. The molecule has 3 rings (SSSR count). The molecule has 2 aromatic heterocycles. The van der Waals surface area contributed by atoms with E-state index in [0.29, 0.717) is 10.6 Å². The van der Waals surface area contributed by atoms with E-state index in [9.17, 15) is 9.59 Å². The molecule has 2 aromatic rings. The highest BCUT2D eigenvalue weighted by atomic mass is 32.1. The van der Waals surface area contributed by atoms with Gasteiger partial charge in [-0.1, -0.05) is 25.0 Å². The second-order valence-corrected chi connectivity index (χ2v) is 6.45. The molecule has 1 N–H and O–H groups in total. The minimum absolute atomic E-state index is 0.161. The lowest BCUT2D eigenvalue weighted by Gasteiger charge is -2.19. The minimum Gasteiger partial charge on any atom is -0.441 e. The maximum Gasteiger partial charge on any atom is 0.349 e. The molecular formula is C17H18N2O3S. The van der Waals surface area contributed by atoms with Crippen molar-refractivity contribution in [1.29, 1.82) is 0 Å². The van der Waals surface area contributed by atoms with Crippen molar-refractivity contribution in [2.24, 2.45) is 0 Å². The number of amides is 1. The highest BCUT2D eigenvalue weighted by Crippen LogP contribution is 2.22. The van der Waals surface area contributed by atoms with Crippen molar-refractivity contribution in [2.45, 2.75) is 37.8 Å². The van der Waals surface area contributed by atoms with Gasteiger partial charge in [-0.3, -0.25) is 9.78 Å². The summed E-state index contributed by atoms with van der Waals surface area (Å²) in [7, 11) is 0. The van der Waals surface area contributed by atoms with Gasteiger partial charge in [0.1, 0.15) is 4.88 Å². The second-order valence-electron chi connectivity index (χ2n) is 5.51. The van der Waals surface area contributed by atoms with Crippen LogP contribution in [0.15, 0.2) is 41.9 Å². The average molecular weight is 330 g/mol. The maximum absolute atomic E-state index is 12.6. The molecule has 1 aliphatic rings. The highest BCUT2D eigenvalue weighted by Gasteiger charge is 2.29. The number of nitrogens with zero attached hydrogens (tertiary/aromatic N) is 1. The molecule has 1 amide bonds. The van der Waals surface area contributed by atoms with E-state index in [0.717, 1.165) is 25.7 Å². The third-order valence-electron chi connectivity index (χ3n) is 3.84. The minimum atomic E-state index is -1.02. The fourth-order valence-corrected chi connectivity index (χ4v) is 3.29. The van der Waals surface area contributed by atoms with Crippen LogP contribution < -0.4 is 5.32 Å². The Morgan fingerprint density at radius 3 is 2.70 bits per heavy atom. The van der Waals surface area contributed by atoms with E-state index in [4.69, 9.17) is 4.74 Å². The van der Waals surface area contributed by atoms with Crippen LogP contribution in [0.4, 0.5) is 0 Å². The summed E-state index contributed by atoms with van der Waals surface area (Å²) in [6.07, 6.45) is 4.75. The van der Waals surface area contributed by atoms with Crippen LogP contribution in [-0.2, 0) is 9.53 Å². The van der Waals surface area contributed by atoms with Gasteiger partial charge >= 0.3 is 5.97 Å². The number of carbonyl (C=O) groups excluding carboxylic acids is 2. The Morgan fingerprint density at radius 1 is 1.22 bits per heavy atom. The van der Waals surface area contributed by atoms with E-state index in [2.05, 4.69) is 10.3 Å². The lowest BCUT2D eigenvalue weighted by atomic mass is 10.2. The molecule has 0 aromatic carbocycles. The normalized spacial score (nSPS) is 16.0. The third-order valence-corrected chi connectivity index (χ3v) is 4.69. The zero-order chi connectivity index (χ0) is 16.1. The number of nitrogens with one attached hydrogen (secondary N) is 1. The van der Waals surface area contributed by atoms with Crippen LogP contribution >= 0.6 is 11.3 Å². The predicted molar refractivity (Wildman–Crippen MR) is 87.1 cm³/mol. The first kappa shape index (κ1) is 15.7. The van der Waals surface area contributed by atoms with Gasteiger partial charge in [0.25, 0.3) is 5.91 Å². The van der Waals surface area contributed by atoms with Gasteiger partial charge in [-0.2, -0.15) is 0 Å². The van der Waals surface area contributed by atoms with Gasteiger partial charge in [-0.05, 0) is 36.4 Å². The molecule has 23 heavy (non-hydrogen) atoms. The standard InChI is InChI=1S/C17H18N2O3S/c20-16(19-12-6-1-2-7-12)15(13-8-3-4-10-18-13)22-17(21)14-9-5-11-23-14/h3-5,8-12,15H,1-2,6-7H2,(H,19,20)/t15-/m1/s1. The van der Waals surface area contributed by atoms with E-state index >= 15 is 0 Å². The summed E-state index contributed by atoms with van der Waals surface area (Å²) in [5.74, 6) is -0.808. The largest absolute Gasteiger partial charge is 0.441 e. The molecule has 0 aliphatic heterocycles. The van der Waals surface area contributed by atoms with Gasteiger partial charge < -0.3 is 10.1 Å². The Morgan fingerprint density at radius 2 is 2.04 bits per heavy atom. The van der Waals surface area contributed by atoms with Crippen molar-refractivity contribution in [3.8, 4) is 0 Å². The summed E-state index contributed by atoms with van der Waals surface area (Å²) < 4.78 is 5.45. The zero-order valence-electron chi connectivity index (χ0n) is 12.6. The number of esters is 1. The Balaban J connectivity index is 1.76. The van der Waals surface area contributed by atoms with Crippen molar-refractivity contribution in [3.63, 3.8) is 0 Å². The van der Waals surface area contributed by atoms with E-state index < -0.39 is 12.1 Å². The summed E-state index contributed by atoms with van der Waals surface area (Å²) in [5, 5.41) is 4.77. The predicted octanol–water partition coefficient (Wildman–Crippen LogP) is 3.10. The number of hydrogen-bond donors (Lipinski definition) is 1. The molecule has 0 spiro atoms. The fourth-order valence-electron chi connectivity index (χ4n) is 2.69. The summed E-state index contributed by atoms with van der Waals surface area (Å²) in [6.45, 7) is 0. The smallest absolute Gasteiger partial charge is 0.349 e. The molecule has 1 fully saturated rings. The van der Waals surface area contributed by atoms with E-state index in [1.54, 1.807) is 41.9 Å². The Labute approximate surface area is 138 Å². The SMILES string of the molecule is O=C(O[C@@H](C(=O)NC1CCCC1)c1ccccn1)c1cccs1. The summed E-state index contributed by atoms with van der Waals surface area (Å²) in [4.78, 5) is 29.4. The van der Waals surface area contributed by atoms with E-state index in [1.807, 2.05) is 0 Å². The molecule has 0 saturated heterocycles. The lowest BCUT2D eigenvalue weighted by Crippen LogP contribution is -2.38.